The molecular formula is C21H39N3O5. The van der Waals surface area contributed by atoms with E-state index in [2.05, 4.69) is 10.6 Å². The summed E-state index contributed by atoms with van der Waals surface area (Å²) >= 11 is 0. The Morgan fingerprint density at radius 2 is 1.52 bits per heavy atom. The molecule has 0 rings (SSSR count). The highest BCUT2D eigenvalue weighted by Gasteiger charge is 2.40. The third kappa shape index (κ3) is 7.78. The number of rotatable bonds is 9. The van der Waals surface area contributed by atoms with Crippen molar-refractivity contribution in [3.05, 3.63) is 11.6 Å². The summed E-state index contributed by atoms with van der Waals surface area (Å²) in [6.45, 7) is 13.8. The van der Waals surface area contributed by atoms with Crippen LogP contribution in [-0.2, 0) is 14.4 Å². The molecule has 168 valence electrons. The van der Waals surface area contributed by atoms with E-state index in [0.29, 0.717) is 0 Å². The summed E-state index contributed by atoms with van der Waals surface area (Å²) in [5.41, 5.74) is -1.78. The van der Waals surface area contributed by atoms with Gasteiger partial charge in [0.05, 0.1) is 11.6 Å². The van der Waals surface area contributed by atoms with Crippen molar-refractivity contribution in [2.75, 3.05) is 14.1 Å². The van der Waals surface area contributed by atoms with E-state index in [-0.39, 0.29) is 17.4 Å². The van der Waals surface area contributed by atoms with Crippen LogP contribution in [0.1, 0.15) is 55.4 Å². The first-order chi connectivity index (χ1) is 12.9. The Morgan fingerprint density at radius 1 is 1.03 bits per heavy atom. The molecule has 0 fully saturated rings. The summed E-state index contributed by atoms with van der Waals surface area (Å²) in [7, 11) is 3.17. The van der Waals surface area contributed by atoms with Crippen LogP contribution in [0.2, 0.25) is 0 Å². The van der Waals surface area contributed by atoms with Crippen LogP contribution in [0.15, 0.2) is 11.6 Å². The van der Waals surface area contributed by atoms with Gasteiger partial charge < -0.3 is 25.7 Å². The van der Waals surface area contributed by atoms with Gasteiger partial charge in [-0.2, -0.15) is 0 Å². The molecule has 0 saturated carbocycles. The molecule has 0 aromatic carbocycles. The van der Waals surface area contributed by atoms with Gasteiger partial charge in [-0.15, -0.1) is 0 Å². The molecule has 0 spiro atoms. The Hall–Kier alpha value is -1.93. The van der Waals surface area contributed by atoms with Crippen LogP contribution in [0.4, 0.5) is 0 Å². The van der Waals surface area contributed by atoms with E-state index >= 15 is 0 Å². The lowest BCUT2D eigenvalue weighted by Gasteiger charge is -2.38. The van der Waals surface area contributed by atoms with Crippen LogP contribution in [0.5, 0.6) is 0 Å². The first-order valence-corrected chi connectivity index (χ1v) is 9.83. The molecule has 0 aromatic heterocycles. The number of carboxylic acid groups (broad SMARTS) is 1. The number of hydrogen-bond acceptors (Lipinski definition) is 5. The molecule has 0 aromatic rings. The quantitative estimate of drug-likeness (QED) is 0.424. The molecule has 8 nitrogen and oxygen atoms in total. The maximum atomic E-state index is 13.3. The SMILES string of the molecule is CN[C@H](C(=O)N[C@H](C(=O)N(C)[C@H](/C=C(\C)C(=O)O)C(C)C)C(C)(C)C)C(C)(C)O. The fraction of sp³-hybridized carbons (Fsp3) is 0.762. The zero-order chi connectivity index (χ0) is 23.3. The van der Waals surface area contributed by atoms with E-state index in [0.717, 1.165) is 0 Å². The molecule has 0 radical (unpaired) electrons. The summed E-state index contributed by atoms with van der Waals surface area (Å²) in [4.78, 5) is 38.8. The number of aliphatic hydroxyl groups is 1. The molecular weight excluding hydrogens is 374 g/mol. The van der Waals surface area contributed by atoms with Crippen LogP contribution >= 0.6 is 0 Å². The lowest BCUT2D eigenvalue weighted by molar-refractivity contribution is -0.142. The first-order valence-electron chi connectivity index (χ1n) is 9.83. The van der Waals surface area contributed by atoms with Gasteiger partial charge >= 0.3 is 5.97 Å². The van der Waals surface area contributed by atoms with Crippen molar-refractivity contribution in [2.24, 2.45) is 11.3 Å². The minimum absolute atomic E-state index is 0.0315. The van der Waals surface area contributed by atoms with Gasteiger partial charge in [0.15, 0.2) is 0 Å². The number of amides is 2. The average Bonchev–Trinajstić information content (AvgIpc) is 2.53. The van der Waals surface area contributed by atoms with Crippen LogP contribution in [0, 0.1) is 11.3 Å². The van der Waals surface area contributed by atoms with Gasteiger partial charge in [0.2, 0.25) is 11.8 Å². The lowest BCUT2D eigenvalue weighted by Crippen LogP contribution is -2.62. The molecule has 0 unspecified atom stereocenters. The van der Waals surface area contributed by atoms with Gasteiger partial charge in [-0.1, -0.05) is 40.7 Å². The number of carbonyl (C=O) groups is 3. The molecule has 0 aliphatic carbocycles. The fourth-order valence-corrected chi connectivity index (χ4v) is 3.11. The Labute approximate surface area is 174 Å². The first kappa shape index (κ1) is 27.1. The predicted molar refractivity (Wildman–Crippen MR) is 113 cm³/mol. The normalized spacial score (nSPS) is 16.2. The molecule has 29 heavy (non-hydrogen) atoms. The van der Waals surface area contributed by atoms with Crippen molar-refractivity contribution in [1.29, 1.82) is 0 Å². The van der Waals surface area contributed by atoms with Crippen molar-refractivity contribution >= 4 is 17.8 Å². The van der Waals surface area contributed by atoms with Crippen molar-refractivity contribution in [3.8, 4) is 0 Å². The second-order valence-corrected chi connectivity index (χ2v) is 9.52. The average molecular weight is 414 g/mol. The summed E-state index contributed by atoms with van der Waals surface area (Å²) in [5, 5.41) is 25.0. The summed E-state index contributed by atoms with van der Waals surface area (Å²) < 4.78 is 0. The Morgan fingerprint density at radius 3 is 1.83 bits per heavy atom. The van der Waals surface area contributed by atoms with E-state index < -0.39 is 41.0 Å². The topological polar surface area (TPSA) is 119 Å². The Bertz CT molecular complexity index is 629. The van der Waals surface area contributed by atoms with Crippen LogP contribution < -0.4 is 10.6 Å². The van der Waals surface area contributed by atoms with Gasteiger partial charge in [-0.25, -0.2) is 4.79 Å². The van der Waals surface area contributed by atoms with Gasteiger partial charge in [-0.05, 0) is 39.2 Å². The number of aliphatic carboxylic acids is 1. The molecule has 3 atom stereocenters. The number of nitrogens with zero attached hydrogens (tertiary/aromatic N) is 1. The Balaban J connectivity index is 5.89. The summed E-state index contributed by atoms with van der Waals surface area (Å²) in [6, 6.07) is -2.21. The van der Waals surface area contributed by atoms with Gasteiger partial charge in [-0.3, -0.25) is 9.59 Å². The second-order valence-electron chi connectivity index (χ2n) is 9.52. The second kappa shape index (κ2) is 10.2. The van der Waals surface area contributed by atoms with E-state index in [1.54, 1.807) is 20.2 Å². The number of hydrogen-bond donors (Lipinski definition) is 4. The molecule has 0 saturated heterocycles. The monoisotopic (exact) mass is 413 g/mol. The van der Waals surface area contributed by atoms with E-state index in [1.807, 2.05) is 34.6 Å². The minimum Gasteiger partial charge on any atom is -0.478 e. The molecule has 0 bridgehead atoms. The number of carboxylic acids is 1. The van der Waals surface area contributed by atoms with E-state index in [9.17, 15) is 24.6 Å². The largest absolute Gasteiger partial charge is 0.478 e. The molecule has 2 amide bonds. The smallest absolute Gasteiger partial charge is 0.331 e. The third-order valence-corrected chi connectivity index (χ3v) is 4.89. The highest BCUT2D eigenvalue weighted by Crippen LogP contribution is 2.24. The highest BCUT2D eigenvalue weighted by atomic mass is 16.4. The number of likely N-dealkylation sites (N-methyl/N-ethyl adjacent to an activating group) is 2. The fourth-order valence-electron chi connectivity index (χ4n) is 3.11. The van der Waals surface area contributed by atoms with Crippen LogP contribution in [0.3, 0.4) is 0 Å². The van der Waals surface area contributed by atoms with Crippen molar-refractivity contribution in [2.45, 2.75) is 79.1 Å². The van der Waals surface area contributed by atoms with E-state index in [4.69, 9.17) is 0 Å². The Kier molecular flexibility index (Phi) is 9.53. The predicted octanol–water partition coefficient (Wildman–Crippen LogP) is 1.39. The summed E-state index contributed by atoms with van der Waals surface area (Å²) in [6.07, 6.45) is 1.56. The van der Waals surface area contributed by atoms with Gasteiger partial charge in [0, 0.05) is 12.6 Å². The number of carbonyl (C=O) groups excluding carboxylic acids is 2. The van der Waals surface area contributed by atoms with Crippen molar-refractivity contribution in [1.82, 2.24) is 15.5 Å². The maximum absolute atomic E-state index is 13.3. The van der Waals surface area contributed by atoms with Gasteiger partial charge in [0.25, 0.3) is 0 Å². The van der Waals surface area contributed by atoms with Crippen molar-refractivity contribution in [3.63, 3.8) is 0 Å². The highest BCUT2D eigenvalue weighted by molar-refractivity contribution is 5.91. The zero-order valence-electron chi connectivity index (χ0n) is 19.5. The van der Waals surface area contributed by atoms with E-state index in [1.165, 1.54) is 25.7 Å². The van der Waals surface area contributed by atoms with Gasteiger partial charge in [0.1, 0.15) is 12.1 Å². The minimum atomic E-state index is -1.32. The molecule has 0 aliphatic heterocycles. The van der Waals surface area contributed by atoms with Crippen LogP contribution in [0.25, 0.3) is 0 Å². The van der Waals surface area contributed by atoms with Crippen molar-refractivity contribution < 1.29 is 24.6 Å². The molecule has 8 heteroatoms. The van der Waals surface area contributed by atoms with Crippen LogP contribution in [-0.4, -0.2) is 70.7 Å². The number of nitrogens with one attached hydrogen (secondary N) is 2. The molecule has 4 N–H and O–H groups in total. The maximum Gasteiger partial charge on any atom is 0.331 e. The zero-order valence-corrected chi connectivity index (χ0v) is 19.5. The molecule has 0 aliphatic rings. The standard InChI is InChI=1S/C21H39N3O5/c1-12(2)14(11-13(3)19(27)28)24(10)18(26)16(20(4,5)6)23-17(25)15(22-9)21(7,8)29/h11-12,14-16,22,29H,1-10H3,(H,23,25)(H,27,28)/b13-11+/t14-,15-,16-/m1/s1. The summed E-state index contributed by atoms with van der Waals surface area (Å²) in [5.74, 6) is -1.89. The molecule has 0 heterocycles. The third-order valence-electron chi connectivity index (χ3n) is 4.89. The lowest BCUT2D eigenvalue weighted by atomic mass is 9.84.